The number of aliphatic hydroxyl groups excluding tert-OH is 9. The van der Waals surface area contributed by atoms with E-state index < -0.39 is 92.3 Å². The number of nitrogens with zero attached hydrogens (tertiary/aromatic N) is 2. The zero-order chi connectivity index (χ0) is 42.1. The minimum Gasteiger partial charge on any atom is -0.442 e. The quantitative estimate of drug-likeness (QED) is 0.135. The van der Waals surface area contributed by atoms with Crippen molar-refractivity contribution < 1.29 is 83.3 Å². The van der Waals surface area contributed by atoms with Crippen molar-refractivity contribution in [1.82, 2.24) is 9.80 Å². The van der Waals surface area contributed by atoms with Crippen LogP contribution in [0.3, 0.4) is 0 Å². The first-order valence-corrected chi connectivity index (χ1v) is 17.6. The van der Waals surface area contributed by atoms with Crippen LogP contribution in [0.15, 0.2) is 36.4 Å². The van der Waals surface area contributed by atoms with E-state index in [1.165, 1.54) is 28.0 Å². The van der Waals surface area contributed by atoms with Crippen LogP contribution in [0.4, 0.5) is 41.1 Å². The second kappa shape index (κ2) is 36.9. The fraction of sp³-hybridized carbons (Fsp3) is 0.622. The van der Waals surface area contributed by atoms with Crippen molar-refractivity contribution >= 4 is 129 Å². The number of nitrogens with two attached hydrogens (primary N) is 1. The van der Waals surface area contributed by atoms with Crippen LogP contribution in [0.2, 0.25) is 0 Å². The first kappa shape index (κ1) is 79.2. The molecule has 0 saturated carbocycles. The lowest BCUT2D eigenvalue weighted by atomic mass is 9.98. The highest BCUT2D eigenvalue weighted by molar-refractivity contribution is 7.60. The third-order valence-electron chi connectivity index (χ3n) is 9.18. The fourth-order valence-corrected chi connectivity index (χ4v) is 5.85. The van der Waals surface area contributed by atoms with Gasteiger partial charge in [-0.1, -0.05) is 22.3 Å². The molecule has 30 heteroatoms. The first-order chi connectivity index (χ1) is 26.9. The first-order valence-electron chi connectivity index (χ1n) is 17.6. The highest BCUT2D eigenvalue weighted by Crippen LogP contribution is 2.26. The van der Waals surface area contributed by atoms with E-state index in [4.69, 9.17) is 45.5 Å². The molecule has 4 heterocycles. The number of aliphatic hydroxyl groups is 9. The topological polar surface area (TPSA) is 322 Å². The zero-order valence-corrected chi connectivity index (χ0v) is 41.3. The molecule has 400 valence electrons. The second-order valence-electron chi connectivity index (χ2n) is 13.6. The number of carbonyl (C=O) groups is 2. The number of benzene rings is 2. The van der Waals surface area contributed by atoms with Crippen LogP contribution in [0, 0.1) is 11.6 Å². The Morgan fingerprint density at radius 3 is 1.40 bits per heavy atom. The van der Waals surface area contributed by atoms with Gasteiger partial charge in [-0.2, -0.15) is 94.5 Å². The average molecular weight is 1110 g/mol. The molecule has 4 unspecified atom stereocenters. The largest absolute Gasteiger partial charge is 0.442 e. The van der Waals surface area contributed by atoms with E-state index in [1.54, 1.807) is 26.2 Å². The Labute approximate surface area is 439 Å². The molecular formula is C37H76F2N6O15S7. The third-order valence-corrected chi connectivity index (χ3v) is 9.18. The number of rotatable bonds is 10. The Morgan fingerprint density at radius 2 is 1.01 bits per heavy atom. The number of likely N-dealkylation sites (N-methyl/N-ethyl adjacent to an activating group) is 2. The molecule has 0 bridgehead atoms. The summed E-state index contributed by atoms with van der Waals surface area (Å²) in [5.41, 5.74) is 6.63. The van der Waals surface area contributed by atoms with Gasteiger partial charge >= 0.3 is 12.2 Å². The van der Waals surface area contributed by atoms with Crippen LogP contribution in [0.25, 0.3) is 0 Å². The lowest BCUT2D eigenvalue weighted by molar-refractivity contribution is -0.286. The van der Waals surface area contributed by atoms with Gasteiger partial charge in [0, 0.05) is 25.5 Å². The van der Waals surface area contributed by atoms with Crippen LogP contribution < -0.4 is 21.7 Å². The minimum atomic E-state index is -1.57. The van der Waals surface area contributed by atoms with Crippen molar-refractivity contribution in [3.63, 3.8) is 0 Å². The molecule has 21 nitrogen and oxygen atoms in total. The molecule has 2 aromatic carbocycles. The Bertz CT molecular complexity index is 1670. The Morgan fingerprint density at radius 1 is 0.612 bits per heavy atom. The minimum absolute atomic E-state index is 0. The number of nitrogens with one attached hydrogen (secondary N) is 3. The molecule has 12 atom stereocenters. The molecule has 0 aliphatic carbocycles. The number of amides is 2. The Balaban J connectivity index is -0.000000162. The van der Waals surface area contributed by atoms with Gasteiger partial charge < -0.3 is 96.4 Å². The number of hydrogen-bond donors (Lipinski definition) is 13. The van der Waals surface area contributed by atoms with Gasteiger partial charge in [0.1, 0.15) is 72.7 Å². The van der Waals surface area contributed by atoms with Crippen molar-refractivity contribution in [2.45, 2.75) is 95.8 Å². The summed E-state index contributed by atoms with van der Waals surface area (Å²) in [6, 6.07) is 8.57. The van der Waals surface area contributed by atoms with E-state index in [0.29, 0.717) is 31.0 Å². The maximum absolute atomic E-state index is 14.4. The average Bonchev–Trinajstić information content (AvgIpc) is 3.68. The SMILES string of the molecule is C.C.C.CN1C[C@H](CNc2ccc(N)cc2F)OC1=O.CN1C[C@H](CNc2ccc(N[C@H]3OC(CO)[C@H](O)C(O)[C@H]3O)cc2F)OC1=O.OCC1O[C@H](O)C(O)[C@@H](O)[C@@H]1O.S.S.S.S.S.S.S. The molecule has 6 rings (SSSR count). The molecule has 0 radical (unpaired) electrons. The van der Waals surface area contributed by atoms with Gasteiger partial charge in [0.15, 0.2) is 12.5 Å². The van der Waals surface area contributed by atoms with Crippen LogP contribution in [0.5, 0.6) is 0 Å². The van der Waals surface area contributed by atoms with Crippen molar-refractivity contribution in [2.75, 3.05) is 75.2 Å². The van der Waals surface area contributed by atoms with Crippen LogP contribution in [-0.4, -0.2) is 195 Å². The highest BCUT2D eigenvalue weighted by Gasteiger charge is 2.44. The summed E-state index contributed by atoms with van der Waals surface area (Å²) < 4.78 is 47.8. The van der Waals surface area contributed by atoms with Crippen molar-refractivity contribution in [3.8, 4) is 0 Å². The summed E-state index contributed by atoms with van der Waals surface area (Å²) in [5, 5.41) is 91.9. The Kier molecular flexibility index (Phi) is 43.6. The van der Waals surface area contributed by atoms with Crippen LogP contribution in [0.1, 0.15) is 22.3 Å². The van der Waals surface area contributed by atoms with Gasteiger partial charge in [0.05, 0.1) is 50.8 Å². The Hall–Kier alpha value is -1.95. The maximum Gasteiger partial charge on any atom is 0.410 e. The molecule has 67 heavy (non-hydrogen) atoms. The smallest absolute Gasteiger partial charge is 0.410 e. The van der Waals surface area contributed by atoms with Crippen molar-refractivity contribution in [2.24, 2.45) is 0 Å². The third kappa shape index (κ3) is 21.9. The zero-order valence-electron chi connectivity index (χ0n) is 34.3. The monoisotopic (exact) mass is 1110 g/mol. The van der Waals surface area contributed by atoms with Gasteiger partial charge in [-0.25, -0.2) is 18.4 Å². The van der Waals surface area contributed by atoms with Gasteiger partial charge in [0.2, 0.25) is 0 Å². The lowest BCUT2D eigenvalue weighted by Gasteiger charge is -2.40. The predicted molar refractivity (Wildman–Crippen MR) is 286 cm³/mol. The van der Waals surface area contributed by atoms with E-state index >= 15 is 0 Å². The molecule has 2 aromatic rings. The van der Waals surface area contributed by atoms with E-state index in [-0.39, 0.29) is 153 Å². The molecule has 14 N–H and O–H groups in total. The molecule has 2 amide bonds. The van der Waals surface area contributed by atoms with Crippen molar-refractivity contribution in [3.05, 3.63) is 48.0 Å². The van der Waals surface area contributed by atoms with E-state index in [0.717, 1.165) is 6.07 Å². The van der Waals surface area contributed by atoms with Crippen LogP contribution >= 0.6 is 94.5 Å². The molecule has 4 aliphatic heterocycles. The van der Waals surface area contributed by atoms with Gasteiger partial charge in [-0.05, 0) is 36.4 Å². The number of ether oxygens (including phenoxy) is 4. The molecular weight excluding hydrogens is 1030 g/mol. The molecule has 0 aromatic heterocycles. The molecule has 4 aliphatic rings. The summed E-state index contributed by atoms with van der Waals surface area (Å²) in [5.74, 6) is -1.00. The normalized spacial score (nSPS) is 27.5. The number of carbonyl (C=O) groups excluding carboxylic acids is 2. The lowest BCUT2D eigenvalue weighted by Crippen LogP contribution is -2.60. The van der Waals surface area contributed by atoms with E-state index in [9.17, 15) is 38.8 Å². The number of cyclic esters (lactones) is 2. The maximum atomic E-state index is 14.4. The van der Waals surface area contributed by atoms with Crippen LogP contribution in [-0.2, 0) is 18.9 Å². The van der Waals surface area contributed by atoms with Gasteiger partial charge in [0.25, 0.3) is 0 Å². The fourth-order valence-electron chi connectivity index (χ4n) is 5.85. The summed E-state index contributed by atoms with van der Waals surface area (Å²) in [7, 11) is 3.27. The molecule has 4 saturated heterocycles. The molecule has 0 spiro atoms. The summed E-state index contributed by atoms with van der Waals surface area (Å²) in [4.78, 5) is 25.3. The van der Waals surface area contributed by atoms with Gasteiger partial charge in [-0.15, -0.1) is 0 Å². The van der Waals surface area contributed by atoms with E-state index in [1.807, 2.05) is 0 Å². The number of anilines is 4. The highest BCUT2D eigenvalue weighted by atomic mass is 32.1. The predicted octanol–water partition coefficient (Wildman–Crippen LogP) is -0.353. The second-order valence-corrected chi connectivity index (χ2v) is 13.6. The number of halogens is 2. The summed E-state index contributed by atoms with van der Waals surface area (Å²) in [6.07, 6.45) is -15.1. The summed E-state index contributed by atoms with van der Waals surface area (Å²) in [6.45, 7) is 0.444. The van der Waals surface area contributed by atoms with Crippen molar-refractivity contribution in [1.29, 1.82) is 0 Å². The number of hydrogen-bond acceptors (Lipinski definition) is 19. The van der Waals surface area contributed by atoms with Gasteiger partial charge in [-0.3, -0.25) is 0 Å². The number of nitrogen functional groups attached to an aromatic ring is 1. The standard InChI is InChI=1S/C17H24FN3O7.C11H14FN3O2.C6H12O6.3CH4.7H2S/c1-21-6-9(27-17(21)26)5-19-11-3-2-8(4-10(11)18)20-16-15(25)14(24)13(23)12(7-22)28-16;1-15-6-8(17-11(15)16)5-14-10-3-2-7(13)4-9(10)12;7-1-2-3(8)4(9)5(10)6(11)12-2;;;;;;;;;;/h2-4,9,12-16,19-20,22-25H,5-7H2,1H3;2-4,8,14H,5-6,13H2,1H3;2-11H,1H2;3*1H4;7*1H2/t9-,12?,13-,14?,15+,16-;8-;2?,3-,4+,5?,6+;;;;;;;;;;/m001........../s1. The van der Waals surface area contributed by atoms with E-state index in [2.05, 4.69) is 20.7 Å². The molecule has 4 fully saturated rings. The summed E-state index contributed by atoms with van der Waals surface area (Å²) >= 11 is 0.